The lowest BCUT2D eigenvalue weighted by Gasteiger charge is -2.21. The van der Waals surface area contributed by atoms with Crippen molar-refractivity contribution in [3.05, 3.63) is 35.4 Å². The van der Waals surface area contributed by atoms with Crippen molar-refractivity contribution in [1.82, 2.24) is 5.32 Å². The smallest absolute Gasteiger partial charge is 0.252 e. The lowest BCUT2D eigenvalue weighted by Crippen LogP contribution is -2.43. The summed E-state index contributed by atoms with van der Waals surface area (Å²) < 4.78 is 5.47. The Morgan fingerprint density at radius 3 is 3.11 bits per heavy atom. The van der Waals surface area contributed by atoms with Crippen molar-refractivity contribution in [2.45, 2.75) is 31.9 Å². The van der Waals surface area contributed by atoms with E-state index in [2.05, 4.69) is 11.4 Å². The molecule has 0 spiro atoms. The second-order valence-electron chi connectivity index (χ2n) is 4.68. The molecule has 0 radical (unpaired) electrons. The second-order valence-corrected chi connectivity index (χ2v) is 4.68. The number of hydrogen-bond acceptors (Lipinski definition) is 3. The van der Waals surface area contributed by atoms with E-state index in [0.717, 1.165) is 18.4 Å². The molecule has 4 nitrogen and oxygen atoms in total. The van der Waals surface area contributed by atoms with Crippen molar-refractivity contribution >= 4 is 5.91 Å². The molecule has 0 aliphatic carbocycles. The zero-order valence-electron chi connectivity index (χ0n) is 10.4. The van der Waals surface area contributed by atoms with E-state index in [4.69, 9.17) is 10.00 Å². The van der Waals surface area contributed by atoms with Crippen molar-refractivity contribution in [2.75, 3.05) is 6.61 Å². The number of carbonyl (C=O) groups is 1. The number of ether oxygens (including phenoxy) is 1. The monoisotopic (exact) mass is 244 g/mol. The molecule has 1 heterocycles. The lowest BCUT2D eigenvalue weighted by atomic mass is 10.0. The average molecular weight is 244 g/mol. The van der Waals surface area contributed by atoms with Gasteiger partial charge in [-0.3, -0.25) is 4.79 Å². The molecule has 1 aliphatic rings. The van der Waals surface area contributed by atoms with Crippen LogP contribution in [0.1, 0.15) is 30.9 Å². The maximum atomic E-state index is 12.0. The SMILES string of the molecule is CC1(C(=O)NCc2cccc(C#N)c2)CCCO1. The van der Waals surface area contributed by atoms with E-state index in [1.54, 1.807) is 12.1 Å². The van der Waals surface area contributed by atoms with Crippen LogP contribution in [0, 0.1) is 11.3 Å². The van der Waals surface area contributed by atoms with Gasteiger partial charge >= 0.3 is 0 Å². The van der Waals surface area contributed by atoms with E-state index in [0.29, 0.717) is 18.7 Å². The number of rotatable bonds is 3. The molecule has 1 saturated heterocycles. The van der Waals surface area contributed by atoms with Crippen LogP contribution in [0.2, 0.25) is 0 Å². The Balaban J connectivity index is 1.95. The number of amides is 1. The van der Waals surface area contributed by atoms with Crippen molar-refractivity contribution in [1.29, 1.82) is 5.26 Å². The van der Waals surface area contributed by atoms with Gasteiger partial charge in [0.2, 0.25) is 0 Å². The van der Waals surface area contributed by atoms with Gasteiger partial charge in [-0.25, -0.2) is 0 Å². The zero-order valence-corrected chi connectivity index (χ0v) is 10.4. The summed E-state index contributed by atoms with van der Waals surface area (Å²) in [6, 6.07) is 9.30. The van der Waals surface area contributed by atoms with E-state index < -0.39 is 5.60 Å². The molecule has 1 atom stereocenters. The summed E-state index contributed by atoms with van der Waals surface area (Å²) in [6.07, 6.45) is 1.69. The topological polar surface area (TPSA) is 62.1 Å². The Labute approximate surface area is 107 Å². The molecule has 0 saturated carbocycles. The molecule has 1 N–H and O–H groups in total. The molecule has 1 unspecified atom stereocenters. The molecular weight excluding hydrogens is 228 g/mol. The maximum Gasteiger partial charge on any atom is 0.252 e. The Kier molecular flexibility index (Phi) is 3.63. The number of nitrogens with one attached hydrogen (secondary N) is 1. The van der Waals surface area contributed by atoms with Gasteiger partial charge in [0.15, 0.2) is 0 Å². The van der Waals surface area contributed by atoms with Gasteiger partial charge in [0.25, 0.3) is 5.91 Å². The fraction of sp³-hybridized carbons (Fsp3) is 0.429. The van der Waals surface area contributed by atoms with Crippen LogP contribution >= 0.6 is 0 Å². The fourth-order valence-electron chi connectivity index (χ4n) is 2.08. The van der Waals surface area contributed by atoms with Gasteiger partial charge in [-0.05, 0) is 37.5 Å². The highest BCUT2D eigenvalue weighted by atomic mass is 16.5. The maximum absolute atomic E-state index is 12.0. The zero-order chi connectivity index (χ0) is 13.0. The van der Waals surface area contributed by atoms with Gasteiger partial charge < -0.3 is 10.1 Å². The van der Waals surface area contributed by atoms with Gasteiger partial charge in [0.05, 0.1) is 11.6 Å². The highest BCUT2D eigenvalue weighted by Crippen LogP contribution is 2.25. The van der Waals surface area contributed by atoms with Crippen molar-refractivity contribution < 1.29 is 9.53 Å². The Morgan fingerprint density at radius 2 is 2.44 bits per heavy atom. The molecule has 1 aromatic carbocycles. The van der Waals surface area contributed by atoms with Crippen LogP contribution < -0.4 is 5.32 Å². The standard InChI is InChI=1S/C14H16N2O2/c1-14(6-3-7-18-14)13(17)16-10-12-5-2-4-11(8-12)9-15/h2,4-5,8H,3,6-7,10H2,1H3,(H,16,17). The summed E-state index contributed by atoms with van der Waals surface area (Å²) in [6.45, 7) is 2.89. The van der Waals surface area contributed by atoms with Gasteiger partial charge in [-0.2, -0.15) is 5.26 Å². The van der Waals surface area contributed by atoms with Crippen LogP contribution in [0.4, 0.5) is 0 Å². The van der Waals surface area contributed by atoms with Crippen molar-refractivity contribution in [3.8, 4) is 6.07 Å². The van der Waals surface area contributed by atoms with Crippen LogP contribution in [0.15, 0.2) is 24.3 Å². The van der Waals surface area contributed by atoms with Gasteiger partial charge in [-0.1, -0.05) is 12.1 Å². The summed E-state index contributed by atoms with van der Waals surface area (Å²) in [5, 5.41) is 11.7. The third-order valence-corrected chi connectivity index (χ3v) is 3.21. The van der Waals surface area contributed by atoms with Crippen LogP contribution in [0.3, 0.4) is 0 Å². The minimum Gasteiger partial charge on any atom is -0.365 e. The predicted octanol–water partition coefficient (Wildman–Crippen LogP) is 1.74. The minimum atomic E-state index is -0.688. The summed E-state index contributed by atoms with van der Waals surface area (Å²) >= 11 is 0. The molecule has 1 aromatic rings. The molecule has 1 fully saturated rings. The van der Waals surface area contributed by atoms with E-state index in [9.17, 15) is 4.79 Å². The predicted molar refractivity (Wildman–Crippen MR) is 66.6 cm³/mol. The van der Waals surface area contributed by atoms with E-state index >= 15 is 0 Å². The third-order valence-electron chi connectivity index (χ3n) is 3.21. The third kappa shape index (κ3) is 2.69. The normalized spacial score (nSPS) is 22.4. The second kappa shape index (κ2) is 5.19. The van der Waals surface area contributed by atoms with Crippen LogP contribution in [-0.2, 0) is 16.1 Å². The molecule has 1 amide bonds. The lowest BCUT2D eigenvalue weighted by molar-refractivity contribution is -0.139. The van der Waals surface area contributed by atoms with Gasteiger partial charge in [0, 0.05) is 13.2 Å². The first-order valence-corrected chi connectivity index (χ1v) is 6.05. The number of hydrogen-bond donors (Lipinski definition) is 1. The largest absolute Gasteiger partial charge is 0.365 e. The molecule has 1 aliphatic heterocycles. The molecule has 18 heavy (non-hydrogen) atoms. The highest BCUT2D eigenvalue weighted by molar-refractivity contribution is 5.84. The highest BCUT2D eigenvalue weighted by Gasteiger charge is 2.37. The van der Waals surface area contributed by atoms with Gasteiger partial charge in [-0.15, -0.1) is 0 Å². The number of carbonyl (C=O) groups excluding carboxylic acids is 1. The fourth-order valence-corrected chi connectivity index (χ4v) is 2.08. The Hall–Kier alpha value is -1.86. The van der Waals surface area contributed by atoms with Crippen LogP contribution in [0.5, 0.6) is 0 Å². The molecule has 2 rings (SSSR count). The van der Waals surface area contributed by atoms with Crippen molar-refractivity contribution in [3.63, 3.8) is 0 Å². The number of nitrogens with zero attached hydrogens (tertiary/aromatic N) is 1. The minimum absolute atomic E-state index is 0.0811. The van der Waals surface area contributed by atoms with Crippen LogP contribution in [-0.4, -0.2) is 18.1 Å². The quantitative estimate of drug-likeness (QED) is 0.881. The molecular formula is C14H16N2O2. The summed E-state index contributed by atoms with van der Waals surface area (Å²) in [4.78, 5) is 12.0. The van der Waals surface area contributed by atoms with E-state index in [-0.39, 0.29) is 5.91 Å². The number of benzene rings is 1. The summed E-state index contributed by atoms with van der Waals surface area (Å²) in [7, 11) is 0. The van der Waals surface area contributed by atoms with Crippen molar-refractivity contribution in [2.24, 2.45) is 0 Å². The molecule has 94 valence electrons. The first kappa shape index (κ1) is 12.6. The molecule has 0 aromatic heterocycles. The van der Waals surface area contributed by atoms with E-state index in [1.807, 2.05) is 19.1 Å². The first-order valence-electron chi connectivity index (χ1n) is 6.05. The average Bonchev–Trinajstić information content (AvgIpc) is 2.84. The van der Waals surface area contributed by atoms with E-state index in [1.165, 1.54) is 0 Å². The number of nitriles is 1. The first-order chi connectivity index (χ1) is 8.64. The summed E-state index contributed by atoms with van der Waals surface area (Å²) in [5.41, 5.74) is 0.835. The summed E-state index contributed by atoms with van der Waals surface area (Å²) in [5.74, 6) is -0.0811. The van der Waals surface area contributed by atoms with Crippen LogP contribution in [0.25, 0.3) is 0 Å². The van der Waals surface area contributed by atoms with Gasteiger partial charge in [0.1, 0.15) is 5.60 Å². The molecule has 0 bridgehead atoms. The Morgan fingerprint density at radius 1 is 1.61 bits per heavy atom. The molecule has 4 heteroatoms. The Bertz CT molecular complexity index is 485.